The van der Waals surface area contributed by atoms with Crippen molar-refractivity contribution in [1.82, 2.24) is 5.32 Å². The molecule has 4 rings (SSSR count). The molecule has 0 amide bonds. The lowest BCUT2D eigenvalue weighted by Gasteiger charge is -2.27. The normalized spacial score (nSPS) is 26.4. The number of fused-ring (bicyclic) bond motifs is 2. The van der Waals surface area contributed by atoms with Crippen molar-refractivity contribution in [3.05, 3.63) is 48.1 Å². The standard InChI is InChI=1S/C20H23N3O2/c1-3-23(4-2)14-10-9-13-11-15(20(24)25-18(13)12-14)19-21-16-7-5-6-8-17(16)22-19/h5-10,12,15-17H,3-4,11H2,1-2H3,(H,21,22). The summed E-state index contributed by atoms with van der Waals surface area (Å²) in [5.74, 6) is 0.859. The minimum absolute atomic E-state index is 0.0826. The Morgan fingerprint density at radius 2 is 2.04 bits per heavy atom. The quantitative estimate of drug-likeness (QED) is 0.677. The second kappa shape index (κ2) is 6.39. The molecule has 1 aromatic carbocycles. The first-order valence-corrected chi connectivity index (χ1v) is 8.98. The Kier molecular flexibility index (Phi) is 4.07. The first-order chi connectivity index (χ1) is 12.2. The smallest absolute Gasteiger partial charge is 0.322 e. The molecule has 0 aromatic heterocycles. The molecule has 2 heterocycles. The van der Waals surface area contributed by atoms with Gasteiger partial charge in [0.05, 0.1) is 12.1 Å². The van der Waals surface area contributed by atoms with Gasteiger partial charge in [-0.25, -0.2) is 0 Å². The fourth-order valence-electron chi connectivity index (χ4n) is 3.69. The number of anilines is 1. The third-order valence-corrected chi connectivity index (χ3v) is 5.14. The van der Waals surface area contributed by atoms with Crippen molar-refractivity contribution in [1.29, 1.82) is 0 Å². The van der Waals surface area contributed by atoms with Gasteiger partial charge < -0.3 is 15.0 Å². The summed E-state index contributed by atoms with van der Waals surface area (Å²) in [4.78, 5) is 19.5. The number of rotatable bonds is 4. The van der Waals surface area contributed by atoms with Crippen molar-refractivity contribution in [3.8, 4) is 5.75 Å². The van der Waals surface area contributed by atoms with Crippen molar-refractivity contribution >= 4 is 17.5 Å². The van der Waals surface area contributed by atoms with Crippen LogP contribution in [0, 0.1) is 5.92 Å². The third-order valence-electron chi connectivity index (χ3n) is 5.14. The number of hydrogen-bond acceptors (Lipinski definition) is 5. The lowest BCUT2D eigenvalue weighted by Crippen LogP contribution is -2.42. The topological polar surface area (TPSA) is 53.9 Å². The van der Waals surface area contributed by atoms with Crippen molar-refractivity contribution in [2.75, 3.05) is 18.0 Å². The van der Waals surface area contributed by atoms with E-state index in [0.717, 1.165) is 30.2 Å². The Morgan fingerprint density at radius 1 is 1.24 bits per heavy atom. The van der Waals surface area contributed by atoms with Crippen LogP contribution in [0.15, 0.2) is 47.5 Å². The van der Waals surface area contributed by atoms with Crippen molar-refractivity contribution in [3.63, 3.8) is 0 Å². The highest BCUT2D eigenvalue weighted by molar-refractivity contribution is 6.04. The van der Waals surface area contributed by atoms with Crippen LogP contribution >= 0.6 is 0 Å². The maximum absolute atomic E-state index is 12.6. The number of nitrogens with zero attached hydrogens (tertiary/aromatic N) is 2. The summed E-state index contributed by atoms with van der Waals surface area (Å²) < 4.78 is 5.67. The zero-order chi connectivity index (χ0) is 17.4. The van der Waals surface area contributed by atoms with Crippen LogP contribution in [0.4, 0.5) is 5.69 Å². The Morgan fingerprint density at radius 3 is 2.80 bits per heavy atom. The summed E-state index contributed by atoms with van der Waals surface area (Å²) in [5, 5.41) is 3.37. The van der Waals surface area contributed by atoms with Crippen molar-refractivity contribution < 1.29 is 9.53 Å². The Bertz CT molecular complexity index is 777. The number of aliphatic imine (C=N–C) groups is 1. The number of benzene rings is 1. The average Bonchev–Trinajstić information content (AvgIpc) is 3.06. The van der Waals surface area contributed by atoms with Crippen molar-refractivity contribution in [2.45, 2.75) is 32.4 Å². The predicted octanol–water partition coefficient (Wildman–Crippen LogP) is 2.48. The van der Waals surface area contributed by atoms with E-state index in [2.05, 4.69) is 53.3 Å². The number of allylic oxidation sites excluding steroid dienone is 2. The lowest BCUT2D eigenvalue weighted by molar-refractivity contribution is -0.137. The van der Waals surface area contributed by atoms with Gasteiger partial charge in [0.1, 0.15) is 17.5 Å². The van der Waals surface area contributed by atoms with E-state index in [1.165, 1.54) is 0 Å². The van der Waals surface area contributed by atoms with Gasteiger partial charge in [0, 0.05) is 24.8 Å². The molecule has 130 valence electrons. The highest BCUT2D eigenvalue weighted by atomic mass is 16.5. The number of ether oxygens (including phenoxy) is 1. The summed E-state index contributed by atoms with van der Waals surface area (Å²) >= 11 is 0. The molecule has 1 aliphatic carbocycles. The van der Waals surface area contributed by atoms with Gasteiger partial charge in [-0.3, -0.25) is 9.79 Å². The third kappa shape index (κ3) is 2.84. The number of nitrogens with one attached hydrogen (secondary N) is 1. The summed E-state index contributed by atoms with van der Waals surface area (Å²) in [5.41, 5.74) is 2.15. The molecule has 1 N–H and O–H groups in total. The molecular weight excluding hydrogens is 314 g/mol. The molecule has 0 saturated carbocycles. The minimum atomic E-state index is -0.348. The van der Waals surface area contributed by atoms with Crippen LogP contribution in [0.2, 0.25) is 0 Å². The van der Waals surface area contributed by atoms with Gasteiger partial charge in [0.25, 0.3) is 0 Å². The fourth-order valence-corrected chi connectivity index (χ4v) is 3.69. The Labute approximate surface area is 148 Å². The summed E-state index contributed by atoms with van der Waals surface area (Å²) in [6, 6.07) is 6.39. The van der Waals surface area contributed by atoms with Crippen LogP contribution in [0.1, 0.15) is 19.4 Å². The first kappa shape index (κ1) is 15.9. The molecule has 0 radical (unpaired) electrons. The fraction of sp³-hybridized carbons (Fsp3) is 0.400. The number of esters is 1. The van der Waals surface area contributed by atoms with Crippen LogP contribution in [0.3, 0.4) is 0 Å². The van der Waals surface area contributed by atoms with E-state index >= 15 is 0 Å². The maximum Gasteiger partial charge on any atom is 0.322 e. The van der Waals surface area contributed by atoms with E-state index in [-0.39, 0.29) is 24.0 Å². The minimum Gasteiger partial charge on any atom is -0.426 e. The van der Waals surface area contributed by atoms with Gasteiger partial charge in [-0.2, -0.15) is 0 Å². The van der Waals surface area contributed by atoms with Gasteiger partial charge in [-0.1, -0.05) is 30.4 Å². The van der Waals surface area contributed by atoms with Gasteiger partial charge in [-0.05, 0) is 31.9 Å². The average molecular weight is 337 g/mol. The SMILES string of the molecule is CCN(CC)c1ccc2c(c1)OC(=O)C(C1=NC3C=CC=CC3N1)C2. The zero-order valence-electron chi connectivity index (χ0n) is 14.6. The van der Waals surface area contributed by atoms with E-state index in [0.29, 0.717) is 12.2 Å². The molecule has 0 saturated heterocycles. The molecule has 0 fully saturated rings. The molecule has 5 nitrogen and oxygen atoms in total. The first-order valence-electron chi connectivity index (χ1n) is 8.98. The zero-order valence-corrected chi connectivity index (χ0v) is 14.6. The second-order valence-corrected chi connectivity index (χ2v) is 6.59. The van der Waals surface area contributed by atoms with Crippen LogP contribution in [-0.4, -0.2) is 37.0 Å². The Hall–Kier alpha value is -2.56. The molecule has 0 bridgehead atoms. The molecule has 0 spiro atoms. The molecule has 5 heteroatoms. The van der Waals surface area contributed by atoms with Gasteiger partial charge in [0.15, 0.2) is 0 Å². The van der Waals surface area contributed by atoms with E-state index in [4.69, 9.17) is 4.74 Å². The highest BCUT2D eigenvalue weighted by Crippen LogP contribution is 2.33. The molecule has 2 aliphatic heterocycles. The maximum atomic E-state index is 12.6. The van der Waals surface area contributed by atoms with Crippen LogP contribution in [0.25, 0.3) is 0 Å². The molecular formula is C20H23N3O2. The number of carbonyl (C=O) groups is 1. The summed E-state index contributed by atoms with van der Waals surface area (Å²) in [7, 11) is 0. The second-order valence-electron chi connectivity index (χ2n) is 6.59. The van der Waals surface area contributed by atoms with Crippen LogP contribution < -0.4 is 15.0 Å². The largest absolute Gasteiger partial charge is 0.426 e. The monoisotopic (exact) mass is 337 g/mol. The van der Waals surface area contributed by atoms with E-state index in [1.54, 1.807) is 0 Å². The summed E-state index contributed by atoms with van der Waals surface area (Å²) in [6.07, 6.45) is 8.78. The van der Waals surface area contributed by atoms with Gasteiger partial charge >= 0.3 is 5.97 Å². The van der Waals surface area contributed by atoms with E-state index in [1.807, 2.05) is 18.2 Å². The van der Waals surface area contributed by atoms with Crippen LogP contribution in [-0.2, 0) is 11.2 Å². The predicted molar refractivity (Wildman–Crippen MR) is 99.3 cm³/mol. The molecule has 3 atom stereocenters. The number of carbonyl (C=O) groups excluding carboxylic acids is 1. The van der Waals surface area contributed by atoms with Gasteiger partial charge in [0.2, 0.25) is 0 Å². The number of amidine groups is 1. The molecule has 3 aliphatic rings. The number of hydrogen-bond donors (Lipinski definition) is 1. The highest BCUT2D eigenvalue weighted by Gasteiger charge is 2.37. The Balaban J connectivity index is 1.57. The van der Waals surface area contributed by atoms with Crippen molar-refractivity contribution in [2.24, 2.45) is 10.9 Å². The van der Waals surface area contributed by atoms with E-state index < -0.39 is 0 Å². The van der Waals surface area contributed by atoms with Crippen LogP contribution in [0.5, 0.6) is 5.75 Å². The van der Waals surface area contributed by atoms with E-state index in [9.17, 15) is 4.79 Å². The molecule has 3 unspecified atom stereocenters. The lowest BCUT2D eigenvalue weighted by atomic mass is 9.94. The summed E-state index contributed by atoms with van der Waals surface area (Å²) in [6.45, 7) is 6.10. The molecule has 25 heavy (non-hydrogen) atoms. The molecule has 1 aromatic rings. The van der Waals surface area contributed by atoms with Gasteiger partial charge in [-0.15, -0.1) is 0 Å².